The lowest BCUT2D eigenvalue weighted by atomic mass is 10.1. The molecule has 1 amide bonds. The van der Waals surface area contributed by atoms with Crippen molar-refractivity contribution in [3.63, 3.8) is 0 Å². The second kappa shape index (κ2) is 4.29. The Labute approximate surface area is 99.4 Å². The van der Waals surface area contributed by atoms with Crippen LogP contribution in [0.1, 0.15) is 40.8 Å². The predicted molar refractivity (Wildman–Crippen MR) is 62.2 cm³/mol. The third-order valence-electron chi connectivity index (χ3n) is 2.94. The summed E-state index contributed by atoms with van der Waals surface area (Å²) in [6, 6.07) is 0. The molecule has 6 nitrogen and oxygen atoms in total. The number of amides is 1. The van der Waals surface area contributed by atoms with Gasteiger partial charge in [-0.2, -0.15) is 0 Å². The summed E-state index contributed by atoms with van der Waals surface area (Å²) in [7, 11) is 1.62. The smallest absolute Gasteiger partial charge is 0.254 e. The first kappa shape index (κ1) is 11.8. The molecule has 1 aliphatic rings. The fraction of sp³-hybridized carbons (Fsp3) is 0.545. The summed E-state index contributed by atoms with van der Waals surface area (Å²) in [6.45, 7) is 1.70. The number of anilines is 1. The third kappa shape index (κ3) is 2.21. The average Bonchev–Trinajstić information content (AvgIpc) is 3.01. The highest BCUT2D eigenvalue weighted by Crippen LogP contribution is 2.42. The Morgan fingerprint density at radius 1 is 1.47 bits per heavy atom. The van der Waals surface area contributed by atoms with Crippen molar-refractivity contribution < 1.29 is 9.53 Å². The van der Waals surface area contributed by atoms with Crippen molar-refractivity contribution in [1.29, 1.82) is 0 Å². The molecule has 1 aromatic heterocycles. The molecule has 2 rings (SSSR count). The van der Waals surface area contributed by atoms with E-state index in [2.05, 4.69) is 9.97 Å². The molecule has 0 bridgehead atoms. The van der Waals surface area contributed by atoms with Crippen LogP contribution in [0, 0.1) is 12.8 Å². The van der Waals surface area contributed by atoms with E-state index in [0.29, 0.717) is 17.4 Å². The van der Waals surface area contributed by atoms with Gasteiger partial charge in [0.15, 0.2) is 5.82 Å². The van der Waals surface area contributed by atoms with Gasteiger partial charge in [0.1, 0.15) is 17.5 Å². The summed E-state index contributed by atoms with van der Waals surface area (Å²) >= 11 is 0. The van der Waals surface area contributed by atoms with Crippen LogP contribution in [0.3, 0.4) is 0 Å². The van der Waals surface area contributed by atoms with Gasteiger partial charge in [0.25, 0.3) is 5.91 Å². The molecular weight excluding hydrogens is 220 g/mol. The molecule has 0 radical (unpaired) electrons. The lowest BCUT2D eigenvalue weighted by Gasteiger charge is -2.15. The summed E-state index contributed by atoms with van der Waals surface area (Å²) in [5, 5.41) is 0. The van der Waals surface area contributed by atoms with Crippen molar-refractivity contribution in [2.45, 2.75) is 25.9 Å². The zero-order chi connectivity index (χ0) is 12.6. The molecular formula is C11H16N4O2. The van der Waals surface area contributed by atoms with Crippen molar-refractivity contribution in [2.75, 3.05) is 12.8 Å². The maximum absolute atomic E-state index is 11.2. The lowest BCUT2D eigenvalue weighted by molar-refractivity contribution is 0.0770. The van der Waals surface area contributed by atoms with Gasteiger partial charge in [-0.3, -0.25) is 4.79 Å². The molecule has 1 heterocycles. The van der Waals surface area contributed by atoms with E-state index in [1.54, 1.807) is 14.0 Å². The third-order valence-corrected chi connectivity index (χ3v) is 2.94. The van der Waals surface area contributed by atoms with Crippen LogP contribution in [-0.4, -0.2) is 23.0 Å². The first-order chi connectivity index (χ1) is 8.04. The van der Waals surface area contributed by atoms with Crippen LogP contribution in [0.5, 0.6) is 0 Å². The van der Waals surface area contributed by atoms with Gasteiger partial charge in [0.2, 0.25) is 0 Å². The molecule has 0 saturated heterocycles. The van der Waals surface area contributed by atoms with E-state index in [4.69, 9.17) is 16.2 Å². The van der Waals surface area contributed by atoms with Crippen molar-refractivity contribution in [2.24, 2.45) is 11.7 Å². The van der Waals surface area contributed by atoms with Gasteiger partial charge < -0.3 is 16.2 Å². The molecule has 0 aromatic carbocycles. The highest BCUT2D eigenvalue weighted by molar-refractivity contribution is 5.98. The maximum Gasteiger partial charge on any atom is 0.254 e. The number of carbonyl (C=O) groups is 1. The number of aromatic nitrogens is 2. The van der Waals surface area contributed by atoms with Crippen molar-refractivity contribution >= 4 is 11.7 Å². The first-order valence-corrected chi connectivity index (χ1v) is 5.51. The van der Waals surface area contributed by atoms with Crippen molar-refractivity contribution in [3.05, 3.63) is 17.1 Å². The monoisotopic (exact) mass is 236 g/mol. The number of ether oxygens (including phenoxy) is 1. The standard InChI is InChI=1S/C11H16N4O2/c1-5-7(10(13)16)9(12)15-11(14-5)8(17-2)6-3-4-6/h6,8H,3-4H2,1-2H3,(H2,13,16)(H2,12,14,15). The number of nitrogens with two attached hydrogens (primary N) is 2. The van der Waals surface area contributed by atoms with E-state index < -0.39 is 5.91 Å². The molecule has 1 fully saturated rings. The number of carbonyl (C=O) groups excluding carboxylic acids is 1. The highest BCUT2D eigenvalue weighted by Gasteiger charge is 2.35. The largest absolute Gasteiger partial charge is 0.383 e. The summed E-state index contributed by atoms with van der Waals surface area (Å²) in [6.07, 6.45) is 2.08. The Bertz CT molecular complexity index is 434. The summed E-state index contributed by atoms with van der Waals surface area (Å²) in [5.41, 5.74) is 11.6. The first-order valence-electron chi connectivity index (χ1n) is 5.51. The summed E-state index contributed by atoms with van der Waals surface area (Å²) in [5.74, 6) is 0.517. The zero-order valence-corrected chi connectivity index (χ0v) is 9.93. The Kier molecular flexibility index (Phi) is 2.97. The van der Waals surface area contributed by atoms with Crippen LogP contribution in [0.15, 0.2) is 0 Å². The Hall–Kier alpha value is -1.69. The van der Waals surface area contributed by atoms with Crippen LogP contribution in [-0.2, 0) is 4.74 Å². The topological polar surface area (TPSA) is 104 Å². The van der Waals surface area contributed by atoms with Crippen LogP contribution in [0.25, 0.3) is 0 Å². The molecule has 0 spiro atoms. The zero-order valence-electron chi connectivity index (χ0n) is 9.93. The number of hydrogen-bond acceptors (Lipinski definition) is 5. The number of nitrogens with zero attached hydrogens (tertiary/aromatic N) is 2. The number of methoxy groups -OCH3 is 1. The number of nitrogen functional groups attached to an aromatic ring is 1. The van der Waals surface area contributed by atoms with E-state index in [9.17, 15) is 4.79 Å². The molecule has 6 heteroatoms. The molecule has 1 saturated carbocycles. The second-order valence-corrected chi connectivity index (χ2v) is 4.29. The molecule has 92 valence electrons. The normalized spacial score (nSPS) is 16.8. The minimum atomic E-state index is -0.605. The summed E-state index contributed by atoms with van der Waals surface area (Å²) in [4.78, 5) is 19.6. The van der Waals surface area contributed by atoms with E-state index >= 15 is 0 Å². The number of rotatable bonds is 4. The van der Waals surface area contributed by atoms with Crippen molar-refractivity contribution in [1.82, 2.24) is 9.97 Å². The molecule has 17 heavy (non-hydrogen) atoms. The molecule has 1 aliphatic carbocycles. The highest BCUT2D eigenvalue weighted by atomic mass is 16.5. The predicted octanol–water partition coefficient (Wildman–Crippen LogP) is 0.564. The van der Waals surface area contributed by atoms with Crippen LogP contribution < -0.4 is 11.5 Å². The van der Waals surface area contributed by atoms with E-state index in [-0.39, 0.29) is 17.5 Å². The van der Waals surface area contributed by atoms with E-state index in [1.165, 1.54) is 0 Å². The number of hydrogen-bond donors (Lipinski definition) is 2. The average molecular weight is 236 g/mol. The van der Waals surface area contributed by atoms with E-state index in [1.807, 2.05) is 0 Å². The number of primary amides is 1. The van der Waals surface area contributed by atoms with Gasteiger partial charge in [-0.15, -0.1) is 0 Å². The van der Waals surface area contributed by atoms with Crippen LogP contribution in [0.4, 0.5) is 5.82 Å². The Balaban J connectivity index is 2.40. The minimum absolute atomic E-state index is 0.128. The molecule has 1 aromatic rings. The maximum atomic E-state index is 11.2. The van der Waals surface area contributed by atoms with Gasteiger partial charge in [0, 0.05) is 7.11 Å². The molecule has 1 atom stereocenters. The fourth-order valence-corrected chi connectivity index (χ4v) is 1.96. The van der Waals surface area contributed by atoms with Crippen molar-refractivity contribution in [3.8, 4) is 0 Å². The molecule has 4 N–H and O–H groups in total. The Morgan fingerprint density at radius 3 is 2.53 bits per heavy atom. The van der Waals surface area contributed by atoms with Crippen LogP contribution >= 0.6 is 0 Å². The van der Waals surface area contributed by atoms with Gasteiger partial charge in [-0.05, 0) is 25.7 Å². The quantitative estimate of drug-likeness (QED) is 0.795. The number of aryl methyl sites for hydroxylation is 1. The molecule has 1 unspecified atom stereocenters. The van der Waals surface area contributed by atoms with E-state index in [0.717, 1.165) is 12.8 Å². The van der Waals surface area contributed by atoms with Gasteiger partial charge in [-0.1, -0.05) is 0 Å². The van der Waals surface area contributed by atoms with Gasteiger partial charge in [0.05, 0.1) is 5.69 Å². The summed E-state index contributed by atoms with van der Waals surface area (Å²) < 4.78 is 5.37. The van der Waals surface area contributed by atoms with Gasteiger partial charge >= 0.3 is 0 Å². The second-order valence-electron chi connectivity index (χ2n) is 4.29. The van der Waals surface area contributed by atoms with Gasteiger partial charge in [-0.25, -0.2) is 9.97 Å². The lowest BCUT2D eigenvalue weighted by Crippen LogP contribution is -2.20. The van der Waals surface area contributed by atoms with Crippen LogP contribution in [0.2, 0.25) is 0 Å². The SMILES string of the molecule is COC(c1nc(C)c(C(N)=O)c(N)n1)C1CC1. The molecule has 0 aliphatic heterocycles. The Morgan fingerprint density at radius 2 is 2.12 bits per heavy atom. The minimum Gasteiger partial charge on any atom is -0.383 e. The fourth-order valence-electron chi connectivity index (χ4n) is 1.96.